The summed E-state index contributed by atoms with van der Waals surface area (Å²) in [6.07, 6.45) is 1.78. The van der Waals surface area contributed by atoms with E-state index in [0.29, 0.717) is 12.1 Å². The Morgan fingerprint density at radius 3 is 2.77 bits per heavy atom. The minimum absolute atomic E-state index is 0.0399. The van der Waals surface area contributed by atoms with Gasteiger partial charge in [0.2, 0.25) is 0 Å². The zero-order valence-electron chi connectivity index (χ0n) is 12.7. The van der Waals surface area contributed by atoms with Crippen LogP contribution in [0.3, 0.4) is 0 Å². The minimum Gasteiger partial charge on any atom is -0.347 e. The number of thiophene rings is 1. The Bertz CT molecular complexity index is 800. The van der Waals surface area contributed by atoms with Crippen LogP contribution in [0.5, 0.6) is 0 Å². The van der Waals surface area contributed by atoms with Crippen LogP contribution in [0.15, 0.2) is 29.8 Å². The van der Waals surface area contributed by atoms with Crippen LogP contribution < -0.4 is 5.32 Å². The number of carbonyl (C=O) groups excluding carboxylic acids is 1. The molecule has 114 valence electrons. The van der Waals surface area contributed by atoms with E-state index in [1.807, 2.05) is 29.9 Å². The molecule has 3 heterocycles. The van der Waals surface area contributed by atoms with Crippen molar-refractivity contribution in [1.29, 1.82) is 0 Å². The zero-order chi connectivity index (χ0) is 15.7. The third kappa shape index (κ3) is 2.84. The molecular weight excluding hydrogens is 314 g/mol. The normalized spacial score (nSPS) is 10.9. The first-order chi connectivity index (χ1) is 10.6. The minimum atomic E-state index is -0.0399. The van der Waals surface area contributed by atoms with Crippen LogP contribution in [0.25, 0.3) is 5.13 Å². The van der Waals surface area contributed by atoms with E-state index in [4.69, 9.17) is 0 Å². The number of nitrogens with zero attached hydrogens (tertiary/aromatic N) is 2. The van der Waals surface area contributed by atoms with Crippen LogP contribution in [0.1, 0.15) is 31.5 Å². The fraction of sp³-hybridized carbons (Fsp3) is 0.250. The number of rotatable bonds is 4. The molecule has 0 aromatic carbocycles. The molecule has 22 heavy (non-hydrogen) atoms. The summed E-state index contributed by atoms with van der Waals surface area (Å²) < 4.78 is 2.02. The van der Waals surface area contributed by atoms with Crippen molar-refractivity contribution in [3.05, 3.63) is 56.5 Å². The molecule has 0 aliphatic rings. The molecular formula is C16H17N3OS2. The molecule has 4 nitrogen and oxygen atoms in total. The average molecular weight is 331 g/mol. The smallest absolute Gasteiger partial charge is 0.253 e. The van der Waals surface area contributed by atoms with E-state index in [0.717, 1.165) is 16.5 Å². The number of aryl methyl sites for hydroxylation is 2. The molecule has 0 saturated carbocycles. The standard InChI is InChI=1S/C16H17N3OS2/c1-10-8-14(12(3)19(10)16-17-6-7-21-16)15(20)18-9-13-5-4-11(2)22-13/h4-8H,9H2,1-3H3,(H,18,20). The van der Waals surface area contributed by atoms with Gasteiger partial charge in [0.05, 0.1) is 12.1 Å². The van der Waals surface area contributed by atoms with Gasteiger partial charge in [-0.05, 0) is 39.0 Å². The first-order valence-corrected chi connectivity index (χ1v) is 8.68. The van der Waals surface area contributed by atoms with E-state index in [1.54, 1.807) is 28.9 Å². The van der Waals surface area contributed by atoms with Crippen molar-refractivity contribution in [3.8, 4) is 5.13 Å². The predicted octanol–water partition coefficient (Wildman–Crippen LogP) is 3.85. The summed E-state index contributed by atoms with van der Waals surface area (Å²) in [4.78, 5) is 19.2. The van der Waals surface area contributed by atoms with Gasteiger partial charge in [-0.2, -0.15) is 0 Å². The molecule has 6 heteroatoms. The number of hydrogen-bond acceptors (Lipinski definition) is 4. The highest BCUT2D eigenvalue weighted by Crippen LogP contribution is 2.22. The topological polar surface area (TPSA) is 46.9 Å². The summed E-state index contributed by atoms with van der Waals surface area (Å²) in [5.41, 5.74) is 2.65. The van der Waals surface area contributed by atoms with E-state index in [1.165, 1.54) is 9.75 Å². The Morgan fingerprint density at radius 2 is 2.14 bits per heavy atom. The molecule has 3 aromatic heterocycles. The number of carbonyl (C=O) groups is 1. The molecule has 0 aliphatic carbocycles. The molecule has 3 aromatic rings. The van der Waals surface area contributed by atoms with E-state index in [9.17, 15) is 4.79 Å². The van der Waals surface area contributed by atoms with Gasteiger partial charge >= 0.3 is 0 Å². The van der Waals surface area contributed by atoms with Gasteiger partial charge in [-0.25, -0.2) is 4.98 Å². The summed E-state index contributed by atoms with van der Waals surface area (Å²) in [6.45, 7) is 6.59. The molecule has 1 amide bonds. The number of hydrogen-bond donors (Lipinski definition) is 1. The summed E-state index contributed by atoms with van der Waals surface area (Å²) in [6, 6.07) is 6.05. The molecule has 0 bridgehead atoms. The van der Waals surface area contributed by atoms with Gasteiger partial charge in [0.15, 0.2) is 5.13 Å². The van der Waals surface area contributed by atoms with Gasteiger partial charge in [0.1, 0.15) is 0 Å². The molecule has 0 saturated heterocycles. The van der Waals surface area contributed by atoms with Gasteiger partial charge in [-0.3, -0.25) is 9.36 Å². The van der Waals surface area contributed by atoms with Crippen molar-refractivity contribution < 1.29 is 4.79 Å². The number of amides is 1. The average Bonchev–Trinajstić information content (AvgIpc) is 3.18. The SMILES string of the molecule is Cc1ccc(CNC(=O)c2cc(C)n(-c3nccs3)c2C)s1. The van der Waals surface area contributed by atoms with Gasteiger partial charge in [0, 0.05) is 32.7 Å². The van der Waals surface area contributed by atoms with E-state index in [-0.39, 0.29) is 5.91 Å². The first kappa shape index (κ1) is 15.0. The largest absolute Gasteiger partial charge is 0.347 e. The van der Waals surface area contributed by atoms with Crippen LogP contribution in [-0.2, 0) is 6.54 Å². The van der Waals surface area contributed by atoms with Crippen LogP contribution in [0.2, 0.25) is 0 Å². The summed E-state index contributed by atoms with van der Waals surface area (Å²) in [7, 11) is 0. The first-order valence-electron chi connectivity index (χ1n) is 6.98. The monoisotopic (exact) mass is 331 g/mol. The fourth-order valence-electron chi connectivity index (χ4n) is 2.46. The third-order valence-corrected chi connectivity index (χ3v) is 5.26. The van der Waals surface area contributed by atoms with Crippen molar-refractivity contribution in [1.82, 2.24) is 14.9 Å². The second-order valence-electron chi connectivity index (χ2n) is 5.13. The molecule has 0 unspecified atom stereocenters. The summed E-state index contributed by atoms with van der Waals surface area (Å²) in [5, 5.41) is 5.83. The Kier molecular flexibility index (Phi) is 4.13. The van der Waals surface area contributed by atoms with Crippen molar-refractivity contribution in [2.75, 3.05) is 0 Å². The molecule has 1 N–H and O–H groups in total. The number of nitrogens with one attached hydrogen (secondary N) is 1. The van der Waals surface area contributed by atoms with Gasteiger partial charge in [-0.1, -0.05) is 0 Å². The third-order valence-electron chi connectivity index (χ3n) is 3.51. The highest BCUT2D eigenvalue weighted by Gasteiger charge is 2.17. The Balaban J connectivity index is 1.80. The molecule has 0 spiro atoms. The maximum absolute atomic E-state index is 12.4. The summed E-state index contributed by atoms with van der Waals surface area (Å²) >= 11 is 3.27. The molecule has 3 rings (SSSR count). The zero-order valence-corrected chi connectivity index (χ0v) is 14.3. The maximum atomic E-state index is 12.4. The Morgan fingerprint density at radius 1 is 1.32 bits per heavy atom. The van der Waals surface area contributed by atoms with Crippen molar-refractivity contribution in [2.24, 2.45) is 0 Å². The van der Waals surface area contributed by atoms with Crippen molar-refractivity contribution in [3.63, 3.8) is 0 Å². The summed E-state index contributed by atoms with van der Waals surface area (Å²) in [5.74, 6) is -0.0399. The second kappa shape index (κ2) is 6.06. The van der Waals surface area contributed by atoms with Crippen LogP contribution in [-0.4, -0.2) is 15.5 Å². The molecule has 0 radical (unpaired) electrons. The van der Waals surface area contributed by atoms with E-state index < -0.39 is 0 Å². The molecule has 0 fully saturated rings. The van der Waals surface area contributed by atoms with Crippen LogP contribution >= 0.6 is 22.7 Å². The van der Waals surface area contributed by atoms with E-state index >= 15 is 0 Å². The van der Waals surface area contributed by atoms with Gasteiger partial charge < -0.3 is 5.32 Å². The molecule has 0 aliphatic heterocycles. The van der Waals surface area contributed by atoms with Crippen molar-refractivity contribution in [2.45, 2.75) is 27.3 Å². The van der Waals surface area contributed by atoms with E-state index in [2.05, 4.69) is 29.4 Å². The lowest BCUT2D eigenvalue weighted by atomic mass is 10.2. The second-order valence-corrected chi connectivity index (χ2v) is 7.38. The lowest BCUT2D eigenvalue weighted by Crippen LogP contribution is -2.22. The number of aromatic nitrogens is 2. The highest BCUT2D eigenvalue weighted by molar-refractivity contribution is 7.12. The Labute approximate surface area is 137 Å². The maximum Gasteiger partial charge on any atom is 0.253 e. The van der Waals surface area contributed by atoms with Gasteiger partial charge in [-0.15, -0.1) is 22.7 Å². The van der Waals surface area contributed by atoms with Crippen LogP contribution in [0, 0.1) is 20.8 Å². The predicted molar refractivity (Wildman–Crippen MR) is 91.1 cm³/mol. The van der Waals surface area contributed by atoms with Crippen LogP contribution in [0.4, 0.5) is 0 Å². The quantitative estimate of drug-likeness (QED) is 0.789. The van der Waals surface area contributed by atoms with Crippen molar-refractivity contribution >= 4 is 28.6 Å². The van der Waals surface area contributed by atoms with Gasteiger partial charge in [0.25, 0.3) is 5.91 Å². The number of thiazole rings is 1. The lowest BCUT2D eigenvalue weighted by Gasteiger charge is -2.06. The Hall–Kier alpha value is -1.92. The lowest BCUT2D eigenvalue weighted by molar-refractivity contribution is 0.0950. The molecule has 0 atom stereocenters. The highest BCUT2D eigenvalue weighted by atomic mass is 32.1. The fourth-order valence-corrected chi connectivity index (χ4v) is 4.04.